The molecule has 0 atom stereocenters. The Labute approximate surface area is 113 Å². The van der Waals surface area contributed by atoms with E-state index in [2.05, 4.69) is 19.9 Å². The Morgan fingerprint density at radius 2 is 2.17 bits per heavy atom. The first-order chi connectivity index (χ1) is 8.54. The summed E-state index contributed by atoms with van der Waals surface area (Å²) < 4.78 is 0. The average Bonchev–Trinajstić information content (AvgIpc) is 2.28. The molecule has 0 aliphatic rings. The van der Waals surface area contributed by atoms with E-state index < -0.39 is 0 Å². The second-order valence-corrected chi connectivity index (χ2v) is 5.28. The fourth-order valence-electron chi connectivity index (χ4n) is 1.23. The Morgan fingerprint density at radius 3 is 2.83 bits per heavy atom. The lowest BCUT2D eigenvalue weighted by Crippen LogP contribution is -2.05. The van der Waals surface area contributed by atoms with Crippen LogP contribution >= 0.6 is 23.4 Å². The number of hydrogen-bond donors (Lipinski definition) is 1. The van der Waals surface area contributed by atoms with Crippen LogP contribution in [0.4, 0.5) is 0 Å². The zero-order chi connectivity index (χ0) is 13.1. The molecule has 0 aromatic carbocycles. The van der Waals surface area contributed by atoms with Crippen LogP contribution in [0.25, 0.3) is 0 Å². The molecule has 0 aliphatic carbocycles. The molecule has 0 saturated heterocycles. The first kappa shape index (κ1) is 13.0. The van der Waals surface area contributed by atoms with Gasteiger partial charge in [0.1, 0.15) is 16.0 Å². The Hall–Kier alpha value is -1.40. The fraction of sp³-hybridized carbons (Fsp3) is 0.273. The summed E-state index contributed by atoms with van der Waals surface area (Å²) in [5.41, 5.74) is -0.197. The van der Waals surface area contributed by atoms with Gasteiger partial charge < -0.3 is 4.98 Å². The zero-order valence-electron chi connectivity index (χ0n) is 9.85. The monoisotopic (exact) mass is 282 g/mol. The van der Waals surface area contributed by atoms with Crippen LogP contribution in [-0.2, 0) is 0 Å². The van der Waals surface area contributed by atoms with E-state index in [1.54, 1.807) is 6.07 Å². The molecule has 2 heterocycles. The molecule has 94 valence electrons. The van der Waals surface area contributed by atoms with Gasteiger partial charge in [-0.2, -0.15) is 0 Å². The van der Waals surface area contributed by atoms with Crippen LogP contribution in [0.15, 0.2) is 33.3 Å². The first-order valence-corrected chi connectivity index (χ1v) is 6.51. The topological polar surface area (TPSA) is 71.5 Å². The Morgan fingerprint density at radius 1 is 1.39 bits per heavy atom. The molecule has 5 nitrogen and oxygen atoms in total. The number of nitrogens with one attached hydrogen (secondary N) is 1. The van der Waals surface area contributed by atoms with Crippen molar-refractivity contribution in [2.75, 3.05) is 0 Å². The molecule has 0 fully saturated rings. The number of hydrogen-bond acceptors (Lipinski definition) is 5. The van der Waals surface area contributed by atoms with E-state index in [-0.39, 0.29) is 11.5 Å². The summed E-state index contributed by atoms with van der Waals surface area (Å²) in [5, 5.41) is 1.52. The van der Waals surface area contributed by atoms with E-state index in [1.807, 2.05) is 13.8 Å². The van der Waals surface area contributed by atoms with Crippen molar-refractivity contribution < 1.29 is 0 Å². The Balaban J connectivity index is 2.31. The highest BCUT2D eigenvalue weighted by molar-refractivity contribution is 7.99. The highest BCUT2D eigenvalue weighted by Gasteiger charge is 2.09. The molecule has 18 heavy (non-hydrogen) atoms. The van der Waals surface area contributed by atoms with Gasteiger partial charge in [0.2, 0.25) is 0 Å². The van der Waals surface area contributed by atoms with Crippen LogP contribution in [0, 0.1) is 0 Å². The summed E-state index contributed by atoms with van der Waals surface area (Å²) in [7, 11) is 0. The number of aromatic amines is 1. The maximum absolute atomic E-state index is 11.2. The Kier molecular flexibility index (Phi) is 3.98. The third-order valence-electron chi connectivity index (χ3n) is 2.05. The molecule has 0 saturated carbocycles. The van der Waals surface area contributed by atoms with Crippen molar-refractivity contribution in [2.24, 2.45) is 0 Å². The van der Waals surface area contributed by atoms with E-state index in [9.17, 15) is 4.79 Å². The first-order valence-electron chi connectivity index (χ1n) is 5.32. The molecule has 0 radical (unpaired) electrons. The molecule has 0 unspecified atom stereocenters. The van der Waals surface area contributed by atoms with Crippen molar-refractivity contribution in [1.82, 2.24) is 19.9 Å². The predicted molar refractivity (Wildman–Crippen MR) is 70.1 cm³/mol. The predicted octanol–water partition coefficient (Wildman–Crippen LogP) is 2.49. The summed E-state index contributed by atoms with van der Waals surface area (Å²) in [6.45, 7) is 3.98. The van der Waals surface area contributed by atoms with Crippen LogP contribution in [0.5, 0.6) is 0 Å². The second-order valence-electron chi connectivity index (χ2n) is 3.88. The lowest BCUT2D eigenvalue weighted by Gasteiger charge is -2.06. The van der Waals surface area contributed by atoms with Crippen molar-refractivity contribution in [1.29, 1.82) is 0 Å². The number of aromatic nitrogens is 4. The Bertz CT molecular complexity index is 614. The third-order valence-corrected chi connectivity index (χ3v) is 3.07. The molecule has 7 heteroatoms. The van der Waals surface area contributed by atoms with Crippen LogP contribution in [-0.4, -0.2) is 19.9 Å². The highest BCUT2D eigenvalue weighted by atomic mass is 35.5. The molecule has 0 bridgehead atoms. The molecule has 0 spiro atoms. The molecule has 0 amide bonds. The van der Waals surface area contributed by atoms with Crippen molar-refractivity contribution in [3.8, 4) is 0 Å². The van der Waals surface area contributed by atoms with E-state index in [0.29, 0.717) is 21.2 Å². The van der Waals surface area contributed by atoms with E-state index >= 15 is 0 Å². The molecule has 2 rings (SSSR count). The largest absolute Gasteiger partial charge is 0.301 e. The number of halogens is 1. The average molecular weight is 283 g/mol. The molecule has 2 aromatic heterocycles. The normalized spacial score (nSPS) is 10.9. The summed E-state index contributed by atoms with van der Waals surface area (Å²) in [4.78, 5) is 26.3. The van der Waals surface area contributed by atoms with Gasteiger partial charge in [-0.05, 0) is 11.8 Å². The number of nitrogens with zero attached hydrogens (tertiary/aromatic N) is 3. The van der Waals surface area contributed by atoms with Crippen LogP contribution < -0.4 is 5.56 Å². The molecular weight excluding hydrogens is 272 g/mol. The summed E-state index contributed by atoms with van der Waals surface area (Å²) in [6.07, 6.45) is 1.45. The number of H-pyrrole nitrogens is 1. The van der Waals surface area contributed by atoms with Gasteiger partial charge in [-0.15, -0.1) is 0 Å². The van der Waals surface area contributed by atoms with Crippen LogP contribution in [0.3, 0.4) is 0 Å². The van der Waals surface area contributed by atoms with Gasteiger partial charge in [0.05, 0.1) is 0 Å². The van der Waals surface area contributed by atoms with Crippen molar-refractivity contribution in [3.63, 3.8) is 0 Å². The standard InChI is InChI=1S/C11H11ClN4OS/c1-6(2)10-14-7(12)5-9(16-10)18-11-13-4-3-8(17)15-11/h3-6H,1-2H3,(H,13,15,17). The minimum Gasteiger partial charge on any atom is -0.301 e. The fourth-order valence-corrected chi connectivity index (χ4v) is 2.25. The summed E-state index contributed by atoms with van der Waals surface area (Å²) in [6, 6.07) is 3.00. The summed E-state index contributed by atoms with van der Waals surface area (Å²) >= 11 is 7.18. The maximum atomic E-state index is 11.2. The van der Waals surface area contributed by atoms with Gasteiger partial charge in [0.15, 0.2) is 5.16 Å². The zero-order valence-corrected chi connectivity index (χ0v) is 11.4. The van der Waals surface area contributed by atoms with Gasteiger partial charge in [-0.25, -0.2) is 15.0 Å². The van der Waals surface area contributed by atoms with Crippen molar-refractivity contribution >= 4 is 23.4 Å². The van der Waals surface area contributed by atoms with Gasteiger partial charge in [0, 0.05) is 24.2 Å². The van der Waals surface area contributed by atoms with Crippen molar-refractivity contribution in [2.45, 2.75) is 29.9 Å². The molecule has 0 aliphatic heterocycles. The molecule has 1 N–H and O–H groups in total. The van der Waals surface area contributed by atoms with E-state index in [1.165, 1.54) is 24.0 Å². The SMILES string of the molecule is CC(C)c1nc(Cl)cc(Sc2nccc(=O)[nH]2)n1. The van der Waals surface area contributed by atoms with Gasteiger partial charge >= 0.3 is 0 Å². The summed E-state index contributed by atoms with van der Waals surface area (Å²) in [5.74, 6) is 0.856. The second kappa shape index (κ2) is 5.49. The highest BCUT2D eigenvalue weighted by Crippen LogP contribution is 2.25. The van der Waals surface area contributed by atoms with Crippen LogP contribution in [0.1, 0.15) is 25.6 Å². The van der Waals surface area contributed by atoms with E-state index in [4.69, 9.17) is 11.6 Å². The minimum absolute atomic E-state index is 0.186. The molecular formula is C11H11ClN4OS. The quantitative estimate of drug-likeness (QED) is 0.692. The van der Waals surface area contributed by atoms with Gasteiger partial charge in [0.25, 0.3) is 5.56 Å². The van der Waals surface area contributed by atoms with E-state index in [0.717, 1.165) is 0 Å². The third kappa shape index (κ3) is 3.30. The van der Waals surface area contributed by atoms with Crippen molar-refractivity contribution in [3.05, 3.63) is 39.7 Å². The lowest BCUT2D eigenvalue weighted by atomic mass is 10.2. The smallest absolute Gasteiger partial charge is 0.251 e. The maximum Gasteiger partial charge on any atom is 0.251 e. The van der Waals surface area contributed by atoms with Crippen LogP contribution in [0.2, 0.25) is 5.15 Å². The number of rotatable bonds is 3. The lowest BCUT2D eigenvalue weighted by molar-refractivity contribution is 0.752. The van der Waals surface area contributed by atoms with Gasteiger partial charge in [-0.1, -0.05) is 25.4 Å². The molecule has 2 aromatic rings. The van der Waals surface area contributed by atoms with Gasteiger partial charge in [-0.3, -0.25) is 4.79 Å². The minimum atomic E-state index is -0.197.